The lowest BCUT2D eigenvalue weighted by Crippen LogP contribution is -2.28. The van der Waals surface area contributed by atoms with Crippen LogP contribution in [0.5, 0.6) is 0 Å². The highest BCUT2D eigenvalue weighted by molar-refractivity contribution is 7.99. The number of hydrogen-bond donors (Lipinski definition) is 0. The van der Waals surface area contributed by atoms with Crippen LogP contribution in [0.1, 0.15) is 10.4 Å². The second-order valence-electron chi connectivity index (χ2n) is 5.45. The number of amides is 1. The summed E-state index contributed by atoms with van der Waals surface area (Å²) < 4.78 is 0. The highest BCUT2D eigenvalue weighted by atomic mass is 35.5. The van der Waals surface area contributed by atoms with Crippen molar-refractivity contribution in [2.75, 3.05) is 4.90 Å². The van der Waals surface area contributed by atoms with Gasteiger partial charge < -0.3 is 0 Å². The van der Waals surface area contributed by atoms with Crippen molar-refractivity contribution in [2.45, 2.75) is 9.79 Å². The highest BCUT2D eigenvalue weighted by Gasteiger charge is 2.30. The van der Waals surface area contributed by atoms with Gasteiger partial charge in [0.2, 0.25) is 0 Å². The first-order chi connectivity index (χ1) is 12.0. The molecule has 0 saturated heterocycles. The summed E-state index contributed by atoms with van der Waals surface area (Å²) in [6.45, 7) is 0. The fourth-order valence-corrected chi connectivity index (χ4v) is 4.42. The molecular weight excluding hydrogens is 397 g/mol. The van der Waals surface area contributed by atoms with Crippen LogP contribution in [0.25, 0.3) is 0 Å². The molecule has 3 aromatic rings. The zero-order chi connectivity index (χ0) is 17.6. The molecule has 6 heteroatoms. The third kappa shape index (κ3) is 3.02. The highest BCUT2D eigenvalue weighted by Crippen LogP contribution is 2.49. The Morgan fingerprint density at radius 1 is 0.800 bits per heavy atom. The predicted octanol–water partition coefficient (Wildman–Crippen LogP) is 7.09. The Balaban J connectivity index is 1.91. The number of fused-ring (bicyclic) bond motifs is 2. The number of para-hydroxylation sites is 1. The molecule has 3 aromatic carbocycles. The number of carbonyl (C=O) groups is 1. The van der Waals surface area contributed by atoms with Crippen molar-refractivity contribution >= 4 is 63.8 Å². The zero-order valence-electron chi connectivity index (χ0n) is 12.7. The number of halogens is 3. The van der Waals surface area contributed by atoms with E-state index in [1.54, 1.807) is 40.9 Å². The maximum atomic E-state index is 13.3. The van der Waals surface area contributed by atoms with Crippen LogP contribution in [0.4, 0.5) is 11.4 Å². The summed E-state index contributed by atoms with van der Waals surface area (Å²) >= 11 is 20.0. The van der Waals surface area contributed by atoms with Crippen molar-refractivity contribution in [1.82, 2.24) is 0 Å². The molecule has 1 aliphatic heterocycles. The number of anilines is 2. The molecule has 124 valence electrons. The molecule has 0 fully saturated rings. The quantitative estimate of drug-likeness (QED) is 0.430. The molecule has 0 unspecified atom stereocenters. The summed E-state index contributed by atoms with van der Waals surface area (Å²) in [5.74, 6) is -0.224. The van der Waals surface area contributed by atoms with Crippen LogP contribution < -0.4 is 4.90 Å². The van der Waals surface area contributed by atoms with Crippen molar-refractivity contribution in [1.29, 1.82) is 0 Å². The minimum Gasteiger partial charge on any atom is -0.275 e. The van der Waals surface area contributed by atoms with Gasteiger partial charge in [0.1, 0.15) is 0 Å². The van der Waals surface area contributed by atoms with Gasteiger partial charge in [-0.3, -0.25) is 9.69 Å². The molecule has 0 saturated carbocycles. The Morgan fingerprint density at radius 2 is 1.48 bits per heavy atom. The minimum atomic E-state index is -0.224. The summed E-state index contributed by atoms with van der Waals surface area (Å²) in [5.41, 5.74) is 1.93. The normalized spacial score (nSPS) is 12.5. The van der Waals surface area contributed by atoms with E-state index in [0.29, 0.717) is 20.6 Å². The smallest absolute Gasteiger partial charge is 0.264 e. The maximum Gasteiger partial charge on any atom is 0.264 e. The topological polar surface area (TPSA) is 20.3 Å². The summed E-state index contributed by atoms with van der Waals surface area (Å²) in [7, 11) is 0. The lowest BCUT2D eigenvalue weighted by atomic mass is 10.1. The average molecular weight is 407 g/mol. The third-order valence-electron chi connectivity index (χ3n) is 3.85. The van der Waals surface area contributed by atoms with Gasteiger partial charge in [-0.15, -0.1) is 0 Å². The van der Waals surface area contributed by atoms with Gasteiger partial charge in [0, 0.05) is 19.8 Å². The van der Waals surface area contributed by atoms with E-state index in [-0.39, 0.29) is 5.91 Å². The molecule has 0 aromatic heterocycles. The van der Waals surface area contributed by atoms with Gasteiger partial charge in [0.05, 0.1) is 22.0 Å². The molecule has 0 aliphatic carbocycles. The summed E-state index contributed by atoms with van der Waals surface area (Å²) in [6.07, 6.45) is 0. The first-order valence-corrected chi connectivity index (χ1v) is 9.35. The Bertz CT molecular complexity index is 1010. The van der Waals surface area contributed by atoms with Gasteiger partial charge in [0.25, 0.3) is 5.91 Å². The first kappa shape index (κ1) is 16.8. The van der Waals surface area contributed by atoms with Crippen molar-refractivity contribution in [3.63, 3.8) is 0 Å². The van der Waals surface area contributed by atoms with E-state index >= 15 is 0 Å². The Hall–Kier alpha value is -1.65. The zero-order valence-corrected chi connectivity index (χ0v) is 15.8. The van der Waals surface area contributed by atoms with E-state index < -0.39 is 0 Å². The number of hydrogen-bond acceptors (Lipinski definition) is 2. The number of rotatable bonds is 1. The van der Waals surface area contributed by atoms with E-state index in [4.69, 9.17) is 34.8 Å². The van der Waals surface area contributed by atoms with Crippen LogP contribution in [0, 0.1) is 0 Å². The van der Waals surface area contributed by atoms with Gasteiger partial charge >= 0.3 is 0 Å². The summed E-state index contributed by atoms with van der Waals surface area (Å²) in [5, 5.41) is 1.37. The van der Waals surface area contributed by atoms with Crippen LogP contribution in [-0.4, -0.2) is 5.91 Å². The molecule has 25 heavy (non-hydrogen) atoms. The lowest BCUT2D eigenvalue weighted by Gasteiger charge is -2.31. The van der Waals surface area contributed by atoms with Gasteiger partial charge in [-0.25, -0.2) is 0 Å². The predicted molar refractivity (Wildman–Crippen MR) is 105 cm³/mol. The van der Waals surface area contributed by atoms with Gasteiger partial charge in [0.15, 0.2) is 0 Å². The van der Waals surface area contributed by atoms with Crippen molar-refractivity contribution in [3.8, 4) is 0 Å². The Morgan fingerprint density at radius 3 is 2.28 bits per heavy atom. The van der Waals surface area contributed by atoms with Crippen molar-refractivity contribution in [3.05, 3.63) is 81.3 Å². The van der Waals surface area contributed by atoms with Crippen LogP contribution in [-0.2, 0) is 0 Å². The monoisotopic (exact) mass is 405 g/mol. The van der Waals surface area contributed by atoms with E-state index in [1.807, 2.05) is 36.4 Å². The number of benzene rings is 3. The molecular formula is C19H10Cl3NOS. The third-order valence-corrected chi connectivity index (χ3v) is 5.77. The Labute approximate surface area is 164 Å². The minimum absolute atomic E-state index is 0.224. The number of carbonyl (C=O) groups excluding carboxylic acids is 1. The fourth-order valence-electron chi connectivity index (χ4n) is 2.73. The molecule has 1 aliphatic rings. The SMILES string of the molecule is O=C(c1ccc(Cl)cc1Cl)N1c2ccccc2Sc2ccc(Cl)cc21. The molecule has 0 N–H and O–H groups in total. The van der Waals surface area contributed by atoms with Crippen molar-refractivity contribution < 1.29 is 4.79 Å². The molecule has 0 bridgehead atoms. The molecule has 0 radical (unpaired) electrons. The molecule has 4 rings (SSSR count). The molecule has 2 nitrogen and oxygen atoms in total. The second kappa shape index (κ2) is 6.58. The average Bonchev–Trinajstić information content (AvgIpc) is 2.59. The van der Waals surface area contributed by atoms with E-state index in [9.17, 15) is 4.79 Å². The first-order valence-electron chi connectivity index (χ1n) is 7.40. The van der Waals surface area contributed by atoms with Crippen LogP contribution in [0.3, 0.4) is 0 Å². The van der Waals surface area contributed by atoms with E-state index in [2.05, 4.69) is 0 Å². The fraction of sp³-hybridized carbons (Fsp3) is 0. The van der Waals surface area contributed by atoms with Gasteiger partial charge in [-0.1, -0.05) is 58.7 Å². The molecule has 0 atom stereocenters. The molecule has 0 spiro atoms. The van der Waals surface area contributed by atoms with E-state index in [1.165, 1.54) is 0 Å². The summed E-state index contributed by atoms with van der Waals surface area (Å²) in [4.78, 5) is 16.9. The maximum absolute atomic E-state index is 13.3. The molecule has 1 amide bonds. The van der Waals surface area contributed by atoms with Crippen LogP contribution in [0.2, 0.25) is 15.1 Å². The standard InChI is InChI=1S/C19H10Cl3NOS/c20-11-5-7-13(14(22)9-11)19(24)23-15-3-1-2-4-17(15)25-18-8-6-12(21)10-16(18)23/h1-10H. The molecule has 1 heterocycles. The van der Waals surface area contributed by atoms with Crippen LogP contribution in [0.15, 0.2) is 70.5 Å². The number of nitrogens with zero attached hydrogens (tertiary/aromatic N) is 1. The lowest BCUT2D eigenvalue weighted by molar-refractivity contribution is 0.0998. The Kier molecular flexibility index (Phi) is 4.42. The van der Waals surface area contributed by atoms with E-state index in [0.717, 1.165) is 21.2 Å². The van der Waals surface area contributed by atoms with Crippen LogP contribution >= 0.6 is 46.6 Å². The van der Waals surface area contributed by atoms with Gasteiger partial charge in [-0.05, 0) is 48.5 Å². The van der Waals surface area contributed by atoms with Crippen molar-refractivity contribution in [2.24, 2.45) is 0 Å². The largest absolute Gasteiger partial charge is 0.275 e. The second-order valence-corrected chi connectivity index (χ2v) is 7.81. The van der Waals surface area contributed by atoms with Gasteiger partial charge in [-0.2, -0.15) is 0 Å². The summed E-state index contributed by atoms with van der Waals surface area (Å²) in [6, 6.07) is 18.1.